The van der Waals surface area contributed by atoms with Crippen LogP contribution in [0.25, 0.3) is 6.08 Å². The lowest BCUT2D eigenvalue weighted by atomic mass is 10.1. The van der Waals surface area contributed by atoms with Crippen LogP contribution in [0.3, 0.4) is 0 Å². The van der Waals surface area contributed by atoms with Crippen molar-refractivity contribution < 1.29 is 19.0 Å². The lowest BCUT2D eigenvalue weighted by Gasteiger charge is -2.13. The van der Waals surface area contributed by atoms with Gasteiger partial charge in [-0.25, -0.2) is 9.79 Å². The van der Waals surface area contributed by atoms with E-state index in [4.69, 9.17) is 25.8 Å². The van der Waals surface area contributed by atoms with Gasteiger partial charge < -0.3 is 14.2 Å². The monoisotopic (exact) mass is 685 g/mol. The lowest BCUT2D eigenvalue weighted by molar-refractivity contribution is -0.129. The molecule has 0 bridgehead atoms. The van der Waals surface area contributed by atoms with Gasteiger partial charge in [0.1, 0.15) is 6.61 Å². The molecule has 1 heterocycles. The Kier molecular flexibility index (Phi) is 7.92. The Morgan fingerprint density at radius 3 is 2.64 bits per heavy atom. The molecule has 0 spiro atoms. The molecule has 0 saturated carbocycles. The van der Waals surface area contributed by atoms with E-state index in [1.54, 1.807) is 12.1 Å². The van der Waals surface area contributed by atoms with Crippen molar-refractivity contribution in [2.24, 2.45) is 4.99 Å². The number of halogens is 3. The van der Waals surface area contributed by atoms with Crippen LogP contribution in [0.5, 0.6) is 11.5 Å². The summed E-state index contributed by atoms with van der Waals surface area (Å²) in [7, 11) is 0. The van der Waals surface area contributed by atoms with Gasteiger partial charge in [-0.05, 0) is 100 Å². The van der Waals surface area contributed by atoms with Gasteiger partial charge in [0.05, 0.1) is 17.2 Å². The van der Waals surface area contributed by atoms with E-state index >= 15 is 0 Å². The van der Waals surface area contributed by atoms with Crippen LogP contribution in [0.1, 0.15) is 23.6 Å². The van der Waals surface area contributed by atoms with Crippen molar-refractivity contribution in [3.05, 3.63) is 95.2 Å². The van der Waals surface area contributed by atoms with Gasteiger partial charge >= 0.3 is 5.97 Å². The molecular weight excluding hydrogens is 668 g/mol. The van der Waals surface area contributed by atoms with Gasteiger partial charge in [0.2, 0.25) is 5.90 Å². The maximum absolute atomic E-state index is 12.4. The van der Waals surface area contributed by atoms with Crippen LogP contribution < -0.4 is 9.47 Å². The summed E-state index contributed by atoms with van der Waals surface area (Å²) in [5.74, 6) is 0.880. The number of benzene rings is 3. The SMILES string of the molecule is CCOc1cc(/C=C2\N=C(c3cc(I)ccc3Cl)OC2=O)ccc1OCc1ccccc1I. The first-order chi connectivity index (χ1) is 15.9. The van der Waals surface area contributed by atoms with E-state index in [1.165, 1.54) is 0 Å². The molecule has 4 rings (SSSR count). The predicted molar refractivity (Wildman–Crippen MR) is 146 cm³/mol. The highest BCUT2D eigenvalue weighted by Gasteiger charge is 2.26. The van der Waals surface area contributed by atoms with E-state index in [9.17, 15) is 4.79 Å². The molecule has 0 aromatic heterocycles. The molecule has 0 amide bonds. The second-order valence-electron chi connectivity index (χ2n) is 6.98. The average molecular weight is 686 g/mol. The first-order valence-corrected chi connectivity index (χ1v) is 12.6. The summed E-state index contributed by atoms with van der Waals surface area (Å²) < 4.78 is 19.3. The minimum absolute atomic E-state index is 0.190. The van der Waals surface area contributed by atoms with Crippen LogP contribution in [0, 0.1) is 7.14 Å². The minimum atomic E-state index is -0.531. The zero-order valence-electron chi connectivity index (χ0n) is 17.5. The van der Waals surface area contributed by atoms with Crippen molar-refractivity contribution in [3.8, 4) is 11.5 Å². The van der Waals surface area contributed by atoms with E-state index in [1.807, 2.05) is 61.5 Å². The number of esters is 1. The fraction of sp³-hybridized carbons (Fsp3) is 0.120. The molecule has 5 nitrogen and oxygen atoms in total. The number of carbonyl (C=O) groups excluding carboxylic acids is 1. The first kappa shape index (κ1) is 24.0. The van der Waals surface area contributed by atoms with Gasteiger partial charge in [-0.1, -0.05) is 35.9 Å². The fourth-order valence-electron chi connectivity index (χ4n) is 3.12. The summed E-state index contributed by atoms with van der Waals surface area (Å²) in [5, 5.41) is 0.469. The molecule has 0 atom stereocenters. The number of ether oxygens (including phenoxy) is 3. The maximum atomic E-state index is 12.4. The molecule has 0 saturated heterocycles. The molecular formula is C25H18ClI2NO4. The van der Waals surface area contributed by atoms with E-state index in [2.05, 4.69) is 50.2 Å². The Balaban J connectivity index is 1.59. The van der Waals surface area contributed by atoms with Crippen LogP contribution in [0.2, 0.25) is 5.02 Å². The Morgan fingerprint density at radius 1 is 1.03 bits per heavy atom. The molecule has 168 valence electrons. The third-order valence-corrected chi connectivity index (χ3v) is 6.74. The van der Waals surface area contributed by atoms with Gasteiger partial charge in [-0.15, -0.1) is 0 Å². The third-order valence-electron chi connectivity index (χ3n) is 4.69. The molecule has 0 radical (unpaired) electrons. The topological polar surface area (TPSA) is 57.1 Å². The molecule has 3 aromatic carbocycles. The maximum Gasteiger partial charge on any atom is 0.363 e. The van der Waals surface area contributed by atoms with Crippen molar-refractivity contribution in [1.29, 1.82) is 0 Å². The third kappa shape index (κ3) is 5.88. The largest absolute Gasteiger partial charge is 0.490 e. The van der Waals surface area contributed by atoms with Crippen LogP contribution >= 0.6 is 56.8 Å². The number of cyclic esters (lactones) is 1. The van der Waals surface area contributed by atoms with Crippen molar-refractivity contribution in [2.45, 2.75) is 13.5 Å². The summed E-state index contributed by atoms with van der Waals surface area (Å²) in [4.78, 5) is 16.8. The molecule has 33 heavy (non-hydrogen) atoms. The smallest absolute Gasteiger partial charge is 0.363 e. The van der Waals surface area contributed by atoms with E-state index < -0.39 is 5.97 Å². The molecule has 1 aliphatic rings. The number of rotatable bonds is 7. The Morgan fingerprint density at radius 2 is 1.85 bits per heavy atom. The quantitative estimate of drug-likeness (QED) is 0.155. The number of carbonyl (C=O) groups is 1. The summed E-state index contributed by atoms with van der Waals surface area (Å²) in [6.45, 7) is 2.82. The molecule has 1 aliphatic heterocycles. The van der Waals surface area contributed by atoms with Gasteiger partial charge in [0.25, 0.3) is 0 Å². The molecule has 0 aliphatic carbocycles. The number of aliphatic imine (C=N–C) groups is 1. The number of hydrogen-bond donors (Lipinski definition) is 0. The summed E-state index contributed by atoms with van der Waals surface area (Å²) in [6, 6.07) is 19.0. The fourth-order valence-corrected chi connectivity index (χ4v) is 4.35. The molecule has 0 fully saturated rings. The number of hydrogen-bond acceptors (Lipinski definition) is 5. The second kappa shape index (κ2) is 10.9. The summed E-state index contributed by atoms with van der Waals surface area (Å²) in [6.07, 6.45) is 1.66. The van der Waals surface area contributed by atoms with E-state index in [0.29, 0.717) is 35.3 Å². The highest BCUT2D eigenvalue weighted by Crippen LogP contribution is 2.32. The molecule has 8 heteroatoms. The average Bonchev–Trinajstić information content (AvgIpc) is 3.16. The van der Waals surface area contributed by atoms with Gasteiger partial charge in [-0.3, -0.25) is 0 Å². The Labute approximate surface area is 224 Å². The van der Waals surface area contributed by atoms with Gasteiger partial charge in [0, 0.05) is 12.7 Å². The molecule has 0 N–H and O–H groups in total. The highest BCUT2D eigenvalue weighted by atomic mass is 127. The normalized spacial score (nSPS) is 14.2. The first-order valence-electron chi connectivity index (χ1n) is 10.1. The van der Waals surface area contributed by atoms with Gasteiger partial charge in [0.15, 0.2) is 17.2 Å². The van der Waals surface area contributed by atoms with E-state index in [-0.39, 0.29) is 11.6 Å². The van der Waals surface area contributed by atoms with E-state index in [0.717, 1.165) is 18.3 Å². The summed E-state index contributed by atoms with van der Waals surface area (Å²) >= 11 is 10.7. The lowest BCUT2D eigenvalue weighted by Crippen LogP contribution is -2.06. The standard InChI is InChI=1S/C25H18ClI2NO4/c1-2-31-23-12-15(7-10-22(23)32-14-16-5-3-4-6-20(16)28)11-21-25(30)33-24(29-21)18-13-17(27)8-9-19(18)26/h3-13H,2,14H2,1H3/b21-11-. The van der Waals surface area contributed by atoms with Crippen molar-refractivity contribution in [3.63, 3.8) is 0 Å². The van der Waals surface area contributed by atoms with Crippen molar-refractivity contribution in [1.82, 2.24) is 0 Å². The van der Waals surface area contributed by atoms with Crippen molar-refractivity contribution >= 4 is 74.7 Å². The zero-order valence-corrected chi connectivity index (χ0v) is 22.6. The molecule has 3 aromatic rings. The summed E-state index contributed by atoms with van der Waals surface area (Å²) in [5.41, 5.74) is 2.60. The van der Waals surface area contributed by atoms with Crippen LogP contribution in [0.15, 0.2) is 71.4 Å². The second-order valence-corrected chi connectivity index (χ2v) is 9.79. The predicted octanol–water partition coefficient (Wildman–Crippen LogP) is 6.87. The van der Waals surface area contributed by atoms with Gasteiger partial charge in [-0.2, -0.15) is 0 Å². The highest BCUT2D eigenvalue weighted by molar-refractivity contribution is 14.1. The van der Waals surface area contributed by atoms with Crippen LogP contribution in [-0.4, -0.2) is 18.5 Å². The minimum Gasteiger partial charge on any atom is -0.490 e. The zero-order chi connectivity index (χ0) is 23.4. The Bertz CT molecular complexity index is 1270. The van der Waals surface area contributed by atoms with Crippen LogP contribution in [0.4, 0.5) is 0 Å². The molecule has 0 unspecified atom stereocenters. The van der Waals surface area contributed by atoms with Crippen LogP contribution in [-0.2, 0) is 16.1 Å². The Hall–Kier alpha value is -2.11. The van der Waals surface area contributed by atoms with Crippen molar-refractivity contribution in [2.75, 3.05) is 6.61 Å². The number of nitrogens with zero attached hydrogens (tertiary/aromatic N) is 1.